The van der Waals surface area contributed by atoms with E-state index < -0.39 is 0 Å². The summed E-state index contributed by atoms with van der Waals surface area (Å²) < 4.78 is 6.45. The van der Waals surface area contributed by atoms with Crippen LogP contribution in [0.1, 0.15) is 0 Å². The second kappa shape index (κ2) is 4.57. The molecule has 2 heterocycles. The third kappa shape index (κ3) is 2.25. The summed E-state index contributed by atoms with van der Waals surface area (Å²) in [5.41, 5.74) is 1.88. The number of nitrogens with one attached hydrogen (secondary N) is 1. The van der Waals surface area contributed by atoms with E-state index in [0.717, 1.165) is 11.3 Å². The maximum absolute atomic E-state index is 7.40. The molecule has 0 amide bonds. The van der Waals surface area contributed by atoms with Gasteiger partial charge in [-0.2, -0.15) is 5.10 Å². The number of nitrogens with zero attached hydrogens (tertiary/aromatic N) is 3. The first-order valence-electron chi connectivity index (χ1n) is 4.85. The molecule has 0 fully saturated rings. The fourth-order valence-corrected chi connectivity index (χ4v) is 1.34. The van der Waals surface area contributed by atoms with Gasteiger partial charge in [-0.1, -0.05) is 0 Å². The van der Waals surface area contributed by atoms with Crippen LogP contribution in [0.15, 0.2) is 36.8 Å². The van der Waals surface area contributed by atoms with Crippen LogP contribution in [-0.4, -0.2) is 27.8 Å². The number of rotatable bonds is 3. The van der Waals surface area contributed by atoms with E-state index in [2.05, 4.69) is 10.1 Å². The number of ether oxygens (including phenoxy) is 1. The predicted molar refractivity (Wildman–Crippen MR) is 60.2 cm³/mol. The summed E-state index contributed by atoms with van der Waals surface area (Å²) in [5.74, 6) is 0.185. The first-order chi connectivity index (χ1) is 7.79. The lowest BCUT2D eigenvalue weighted by Crippen LogP contribution is -2.11. The fourth-order valence-electron chi connectivity index (χ4n) is 1.34. The van der Waals surface area contributed by atoms with Crippen molar-refractivity contribution in [1.29, 1.82) is 5.41 Å². The van der Waals surface area contributed by atoms with Gasteiger partial charge in [0, 0.05) is 24.2 Å². The Morgan fingerprint density at radius 2 is 2.12 bits per heavy atom. The first-order valence-corrected chi connectivity index (χ1v) is 4.85. The van der Waals surface area contributed by atoms with Gasteiger partial charge in [0.15, 0.2) is 0 Å². The van der Waals surface area contributed by atoms with Crippen molar-refractivity contribution in [3.05, 3.63) is 36.8 Å². The number of hydrogen-bond acceptors (Lipinski definition) is 4. The monoisotopic (exact) mass is 216 g/mol. The minimum atomic E-state index is 0.185. The number of aromatic nitrogens is 3. The van der Waals surface area contributed by atoms with Crippen LogP contribution in [-0.2, 0) is 11.3 Å². The van der Waals surface area contributed by atoms with Crippen LogP contribution in [0.2, 0.25) is 0 Å². The molecule has 0 spiro atoms. The van der Waals surface area contributed by atoms with Crippen molar-refractivity contribution in [1.82, 2.24) is 14.8 Å². The van der Waals surface area contributed by atoms with Gasteiger partial charge in [-0.05, 0) is 18.2 Å². The SMILES string of the molecule is COC(=N)Cn1ccc(-c2ccncc2)n1. The molecule has 0 bridgehead atoms. The maximum atomic E-state index is 7.40. The highest BCUT2D eigenvalue weighted by Gasteiger charge is 2.03. The van der Waals surface area contributed by atoms with E-state index >= 15 is 0 Å². The third-order valence-corrected chi connectivity index (χ3v) is 2.17. The van der Waals surface area contributed by atoms with E-state index in [0.29, 0.717) is 6.54 Å². The van der Waals surface area contributed by atoms with Gasteiger partial charge in [-0.25, -0.2) is 0 Å². The van der Waals surface area contributed by atoms with Gasteiger partial charge in [0.25, 0.3) is 0 Å². The molecule has 2 rings (SSSR count). The minimum absolute atomic E-state index is 0.185. The van der Waals surface area contributed by atoms with E-state index in [-0.39, 0.29) is 5.90 Å². The highest BCUT2D eigenvalue weighted by atomic mass is 16.5. The van der Waals surface area contributed by atoms with Crippen molar-refractivity contribution in [2.45, 2.75) is 6.54 Å². The average molecular weight is 216 g/mol. The summed E-state index contributed by atoms with van der Waals surface area (Å²) in [6.45, 7) is 0.349. The molecule has 82 valence electrons. The van der Waals surface area contributed by atoms with Gasteiger partial charge < -0.3 is 4.74 Å². The zero-order valence-electron chi connectivity index (χ0n) is 8.92. The van der Waals surface area contributed by atoms with E-state index in [1.807, 2.05) is 24.4 Å². The second-order valence-electron chi connectivity index (χ2n) is 3.26. The van der Waals surface area contributed by atoms with Crippen LogP contribution in [0, 0.1) is 5.41 Å². The van der Waals surface area contributed by atoms with Crippen molar-refractivity contribution in [2.75, 3.05) is 7.11 Å². The summed E-state index contributed by atoms with van der Waals surface area (Å²) in [7, 11) is 1.48. The van der Waals surface area contributed by atoms with E-state index in [4.69, 9.17) is 10.1 Å². The molecule has 0 unspecified atom stereocenters. The molecule has 5 heteroatoms. The van der Waals surface area contributed by atoms with Crippen LogP contribution in [0.3, 0.4) is 0 Å². The van der Waals surface area contributed by atoms with Crippen LogP contribution < -0.4 is 0 Å². The Morgan fingerprint density at radius 3 is 2.81 bits per heavy atom. The summed E-state index contributed by atoms with van der Waals surface area (Å²) in [4.78, 5) is 3.95. The zero-order chi connectivity index (χ0) is 11.4. The molecular weight excluding hydrogens is 204 g/mol. The molecule has 0 atom stereocenters. The molecule has 0 saturated carbocycles. The Hall–Kier alpha value is -2.17. The van der Waals surface area contributed by atoms with Gasteiger partial charge in [-0.15, -0.1) is 0 Å². The topological polar surface area (TPSA) is 63.8 Å². The Morgan fingerprint density at radius 1 is 1.38 bits per heavy atom. The van der Waals surface area contributed by atoms with Gasteiger partial charge >= 0.3 is 0 Å². The summed E-state index contributed by atoms with van der Waals surface area (Å²) in [6.07, 6.45) is 5.28. The molecule has 0 aromatic carbocycles. The smallest absolute Gasteiger partial charge is 0.202 e. The van der Waals surface area contributed by atoms with Gasteiger partial charge in [0.05, 0.1) is 12.8 Å². The quantitative estimate of drug-likeness (QED) is 0.625. The molecule has 5 nitrogen and oxygen atoms in total. The average Bonchev–Trinajstić information content (AvgIpc) is 2.78. The molecule has 2 aromatic heterocycles. The second-order valence-corrected chi connectivity index (χ2v) is 3.26. The minimum Gasteiger partial charge on any atom is -0.483 e. The van der Waals surface area contributed by atoms with Crippen LogP contribution in [0.25, 0.3) is 11.3 Å². The van der Waals surface area contributed by atoms with Crippen LogP contribution in [0.5, 0.6) is 0 Å². The lowest BCUT2D eigenvalue weighted by Gasteiger charge is -2.01. The molecule has 1 N–H and O–H groups in total. The number of hydrogen-bond donors (Lipinski definition) is 1. The molecule has 0 saturated heterocycles. The fraction of sp³-hybridized carbons (Fsp3) is 0.182. The van der Waals surface area contributed by atoms with Crippen LogP contribution in [0.4, 0.5) is 0 Å². The van der Waals surface area contributed by atoms with Crippen molar-refractivity contribution < 1.29 is 4.74 Å². The zero-order valence-corrected chi connectivity index (χ0v) is 8.92. The Balaban J connectivity index is 2.17. The first kappa shape index (κ1) is 10.4. The largest absolute Gasteiger partial charge is 0.483 e. The lowest BCUT2D eigenvalue weighted by molar-refractivity contribution is 0.377. The predicted octanol–water partition coefficient (Wildman–Crippen LogP) is 1.57. The molecule has 0 radical (unpaired) electrons. The van der Waals surface area contributed by atoms with Crippen molar-refractivity contribution in [3.8, 4) is 11.3 Å². The van der Waals surface area contributed by atoms with E-state index in [9.17, 15) is 0 Å². The highest BCUT2D eigenvalue weighted by molar-refractivity contribution is 5.72. The molecule has 0 aliphatic carbocycles. The van der Waals surface area contributed by atoms with Crippen molar-refractivity contribution >= 4 is 5.90 Å². The Labute approximate surface area is 93.2 Å². The van der Waals surface area contributed by atoms with Crippen molar-refractivity contribution in [2.24, 2.45) is 0 Å². The van der Waals surface area contributed by atoms with Crippen molar-refractivity contribution in [3.63, 3.8) is 0 Å². The molecule has 0 aliphatic heterocycles. The van der Waals surface area contributed by atoms with Crippen LogP contribution >= 0.6 is 0 Å². The van der Waals surface area contributed by atoms with Gasteiger partial charge in [0.1, 0.15) is 6.54 Å². The highest BCUT2D eigenvalue weighted by Crippen LogP contribution is 2.14. The normalized spacial score (nSPS) is 10.1. The molecule has 2 aromatic rings. The van der Waals surface area contributed by atoms with Gasteiger partial charge in [0.2, 0.25) is 5.90 Å². The third-order valence-electron chi connectivity index (χ3n) is 2.17. The standard InChI is InChI=1S/C11H12N4O/c1-16-11(12)8-15-7-4-10(14-15)9-2-5-13-6-3-9/h2-7,12H,8H2,1H3. The van der Waals surface area contributed by atoms with E-state index in [1.165, 1.54) is 7.11 Å². The molecule has 0 aliphatic rings. The summed E-state index contributed by atoms with van der Waals surface area (Å²) in [6, 6.07) is 5.70. The lowest BCUT2D eigenvalue weighted by atomic mass is 10.2. The molecular formula is C11H12N4O. The Bertz CT molecular complexity index is 478. The maximum Gasteiger partial charge on any atom is 0.202 e. The molecule has 16 heavy (non-hydrogen) atoms. The van der Waals surface area contributed by atoms with Gasteiger partial charge in [-0.3, -0.25) is 15.1 Å². The summed E-state index contributed by atoms with van der Waals surface area (Å²) in [5, 5.41) is 11.7. The van der Waals surface area contributed by atoms with E-state index in [1.54, 1.807) is 17.1 Å². The number of methoxy groups -OCH3 is 1. The Kier molecular flexibility index (Phi) is 2.95. The summed E-state index contributed by atoms with van der Waals surface area (Å²) >= 11 is 0. The number of pyridine rings is 1.